The van der Waals surface area contributed by atoms with Gasteiger partial charge in [0, 0.05) is 18.5 Å². The maximum atomic E-state index is 12.3. The van der Waals surface area contributed by atoms with Gasteiger partial charge < -0.3 is 24.6 Å². The zero-order chi connectivity index (χ0) is 22.9. The summed E-state index contributed by atoms with van der Waals surface area (Å²) in [5, 5.41) is 13.2. The number of benzene rings is 1. The molecule has 0 heterocycles. The van der Waals surface area contributed by atoms with E-state index in [1.165, 1.54) is 0 Å². The number of phenolic OH excluding ortho intramolecular Hbond substituents is 1. The summed E-state index contributed by atoms with van der Waals surface area (Å²) in [4.78, 5) is 24.3. The quantitative estimate of drug-likeness (QED) is 0.493. The fraction of sp³-hybridized carbons (Fsp3) is 0.565. The number of phenols is 1. The summed E-state index contributed by atoms with van der Waals surface area (Å²) in [7, 11) is 0. The number of carbonyl (C=O) groups is 2. The second kappa shape index (κ2) is 11.5. The van der Waals surface area contributed by atoms with Crippen molar-refractivity contribution in [3.8, 4) is 17.6 Å². The lowest BCUT2D eigenvalue weighted by Crippen LogP contribution is -2.32. The van der Waals surface area contributed by atoms with Crippen LogP contribution in [0.4, 0.5) is 4.79 Å². The number of carbonyl (C=O) groups excluding carboxylic acids is 2. The molecular formula is C23H33NO6. The van der Waals surface area contributed by atoms with E-state index in [9.17, 15) is 14.7 Å². The molecule has 2 N–H and O–H groups in total. The highest BCUT2D eigenvalue weighted by Crippen LogP contribution is 2.26. The number of rotatable bonds is 8. The number of hydrogen-bond acceptors (Lipinski definition) is 6. The fourth-order valence-corrected chi connectivity index (χ4v) is 2.69. The largest absolute Gasteiger partial charge is 0.506 e. The Morgan fingerprint density at radius 3 is 2.43 bits per heavy atom. The molecule has 0 aliphatic heterocycles. The van der Waals surface area contributed by atoms with Gasteiger partial charge in [-0.1, -0.05) is 12.0 Å². The number of esters is 1. The number of amides is 1. The molecule has 0 saturated carbocycles. The van der Waals surface area contributed by atoms with Gasteiger partial charge in [0.15, 0.2) is 6.10 Å². The molecule has 0 aliphatic carbocycles. The Hall–Kier alpha value is -2.72. The average molecular weight is 420 g/mol. The first kappa shape index (κ1) is 25.3. The Kier molecular flexibility index (Phi) is 9.67. The molecule has 1 atom stereocenters. The smallest absolute Gasteiger partial charge is 0.407 e. The van der Waals surface area contributed by atoms with Crippen molar-refractivity contribution in [2.45, 2.75) is 79.2 Å². The topological polar surface area (TPSA) is 94.1 Å². The molecule has 1 amide bonds. The zero-order valence-corrected chi connectivity index (χ0v) is 18.9. The van der Waals surface area contributed by atoms with E-state index >= 15 is 0 Å². The Morgan fingerprint density at radius 1 is 1.23 bits per heavy atom. The van der Waals surface area contributed by atoms with Crippen molar-refractivity contribution in [3.63, 3.8) is 0 Å². The highest BCUT2D eigenvalue weighted by molar-refractivity contribution is 5.75. The third-order valence-electron chi connectivity index (χ3n) is 3.74. The highest BCUT2D eigenvalue weighted by Gasteiger charge is 2.24. The van der Waals surface area contributed by atoms with Crippen LogP contribution in [-0.2, 0) is 32.0 Å². The van der Waals surface area contributed by atoms with E-state index in [-0.39, 0.29) is 31.4 Å². The van der Waals surface area contributed by atoms with Gasteiger partial charge in [-0.2, -0.15) is 0 Å². The number of hydrogen-bond donors (Lipinski definition) is 2. The Labute approximate surface area is 179 Å². The molecule has 0 bridgehead atoms. The van der Waals surface area contributed by atoms with Gasteiger partial charge in [-0.3, -0.25) is 0 Å². The molecule has 0 saturated heterocycles. The van der Waals surface area contributed by atoms with E-state index in [4.69, 9.17) is 14.2 Å². The predicted octanol–water partition coefficient (Wildman–Crippen LogP) is 3.69. The summed E-state index contributed by atoms with van der Waals surface area (Å²) in [5.74, 6) is 5.13. The van der Waals surface area contributed by atoms with Crippen molar-refractivity contribution in [2.75, 3.05) is 6.61 Å². The van der Waals surface area contributed by atoms with Crippen molar-refractivity contribution in [3.05, 3.63) is 28.8 Å². The van der Waals surface area contributed by atoms with Gasteiger partial charge in [0.25, 0.3) is 0 Å². The molecule has 0 aliphatic rings. The third-order valence-corrected chi connectivity index (χ3v) is 3.74. The van der Waals surface area contributed by atoms with E-state index in [0.717, 1.165) is 5.56 Å². The Bertz CT molecular complexity index is 798. The van der Waals surface area contributed by atoms with Crippen LogP contribution in [0.1, 0.15) is 65.2 Å². The molecule has 1 aromatic carbocycles. The number of ether oxygens (including phenoxy) is 3. The lowest BCUT2D eigenvalue weighted by molar-refractivity contribution is -0.159. The SMILES string of the molecule is CC#Cc1cc(CC(OC(C)C)C(=O)OCC)cc(CNC(=O)OC(C)(C)C)c1O. The monoisotopic (exact) mass is 419 g/mol. The molecule has 0 spiro atoms. The van der Waals surface area contributed by atoms with Crippen molar-refractivity contribution < 1.29 is 28.9 Å². The number of alkyl carbamates (subject to hydrolysis) is 1. The molecule has 166 valence electrons. The van der Waals surface area contributed by atoms with E-state index in [1.54, 1.807) is 46.8 Å². The minimum Gasteiger partial charge on any atom is -0.506 e. The van der Waals surface area contributed by atoms with Crippen molar-refractivity contribution >= 4 is 12.1 Å². The van der Waals surface area contributed by atoms with Crippen LogP contribution in [0.3, 0.4) is 0 Å². The van der Waals surface area contributed by atoms with Crippen LogP contribution in [0, 0.1) is 11.8 Å². The molecule has 1 rings (SSSR count). The Morgan fingerprint density at radius 2 is 1.90 bits per heavy atom. The molecule has 0 aromatic heterocycles. The summed E-state index contributed by atoms with van der Waals surface area (Å²) in [6.45, 7) is 12.7. The second-order valence-electron chi connectivity index (χ2n) is 8.01. The van der Waals surface area contributed by atoms with Crippen molar-refractivity contribution in [1.82, 2.24) is 5.32 Å². The molecular weight excluding hydrogens is 386 g/mol. The zero-order valence-electron chi connectivity index (χ0n) is 18.9. The third kappa shape index (κ3) is 8.75. The van der Waals surface area contributed by atoms with E-state index < -0.39 is 23.8 Å². The van der Waals surface area contributed by atoms with Crippen LogP contribution < -0.4 is 5.32 Å². The number of aromatic hydroxyl groups is 1. The van der Waals surface area contributed by atoms with Crippen LogP contribution in [0.5, 0.6) is 5.75 Å². The standard InChI is InChI=1S/C23H33NO6/c1-8-10-17-11-16(13-19(29-15(3)4)21(26)28-9-2)12-18(20(17)25)14-24-22(27)30-23(5,6)7/h11-12,15,19,25H,9,13-14H2,1-7H3,(H,24,27). The Balaban J connectivity index is 3.14. The van der Waals surface area contributed by atoms with Gasteiger partial charge in [-0.05, 0) is 60.1 Å². The van der Waals surface area contributed by atoms with Crippen LogP contribution >= 0.6 is 0 Å². The highest BCUT2D eigenvalue weighted by atomic mass is 16.6. The molecule has 1 aromatic rings. The van der Waals surface area contributed by atoms with Crippen LogP contribution in [0.2, 0.25) is 0 Å². The van der Waals surface area contributed by atoms with Gasteiger partial charge in [-0.25, -0.2) is 9.59 Å². The normalized spacial score (nSPS) is 12.0. The van der Waals surface area contributed by atoms with Gasteiger partial charge in [0.1, 0.15) is 11.4 Å². The van der Waals surface area contributed by atoms with Crippen LogP contribution in [0.15, 0.2) is 12.1 Å². The predicted molar refractivity (Wildman–Crippen MR) is 114 cm³/mol. The minimum atomic E-state index is -0.788. The van der Waals surface area contributed by atoms with E-state index in [1.807, 2.05) is 13.8 Å². The van der Waals surface area contributed by atoms with E-state index in [2.05, 4.69) is 17.2 Å². The maximum Gasteiger partial charge on any atom is 0.407 e. The summed E-state index contributed by atoms with van der Waals surface area (Å²) >= 11 is 0. The van der Waals surface area contributed by atoms with Gasteiger partial charge in [-0.15, -0.1) is 5.92 Å². The van der Waals surface area contributed by atoms with E-state index in [0.29, 0.717) is 11.1 Å². The summed E-state index contributed by atoms with van der Waals surface area (Å²) in [6, 6.07) is 3.42. The lowest BCUT2D eigenvalue weighted by Gasteiger charge is -2.21. The van der Waals surface area contributed by atoms with Crippen molar-refractivity contribution in [2.24, 2.45) is 0 Å². The average Bonchev–Trinajstić information content (AvgIpc) is 2.61. The first-order chi connectivity index (χ1) is 14.0. The molecule has 7 nitrogen and oxygen atoms in total. The molecule has 0 radical (unpaired) electrons. The van der Waals surface area contributed by atoms with Crippen LogP contribution in [0.25, 0.3) is 0 Å². The van der Waals surface area contributed by atoms with Gasteiger partial charge in [0.05, 0.1) is 18.3 Å². The second-order valence-corrected chi connectivity index (χ2v) is 8.01. The first-order valence-electron chi connectivity index (χ1n) is 10.0. The van der Waals surface area contributed by atoms with Crippen LogP contribution in [-0.4, -0.2) is 41.6 Å². The maximum absolute atomic E-state index is 12.3. The summed E-state index contributed by atoms with van der Waals surface area (Å²) in [5.41, 5.74) is 0.963. The molecule has 30 heavy (non-hydrogen) atoms. The molecule has 1 unspecified atom stereocenters. The number of nitrogens with one attached hydrogen (secondary N) is 1. The minimum absolute atomic E-state index is 0.0263. The summed E-state index contributed by atoms with van der Waals surface area (Å²) in [6.07, 6.45) is -1.30. The molecule has 7 heteroatoms. The molecule has 0 fully saturated rings. The first-order valence-corrected chi connectivity index (χ1v) is 10.0. The fourth-order valence-electron chi connectivity index (χ4n) is 2.69. The summed E-state index contributed by atoms with van der Waals surface area (Å²) < 4.78 is 16.1. The van der Waals surface area contributed by atoms with Gasteiger partial charge >= 0.3 is 12.1 Å². The van der Waals surface area contributed by atoms with Crippen molar-refractivity contribution in [1.29, 1.82) is 0 Å². The van der Waals surface area contributed by atoms with Gasteiger partial charge in [0.2, 0.25) is 0 Å². The lowest BCUT2D eigenvalue weighted by atomic mass is 9.99.